The van der Waals surface area contributed by atoms with Crippen molar-refractivity contribution in [2.75, 3.05) is 11.9 Å². The van der Waals surface area contributed by atoms with E-state index in [0.29, 0.717) is 11.6 Å². The van der Waals surface area contributed by atoms with Crippen molar-refractivity contribution in [3.05, 3.63) is 47.0 Å². The predicted octanol–water partition coefficient (Wildman–Crippen LogP) is 1.75. The molecule has 1 amide bonds. The van der Waals surface area contributed by atoms with Gasteiger partial charge in [-0.05, 0) is 25.1 Å². The van der Waals surface area contributed by atoms with Crippen molar-refractivity contribution in [2.45, 2.75) is 12.5 Å². The second kappa shape index (κ2) is 5.52. The number of nitrogens with zero attached hydrogens (tertiary/aromatic N) is 1. The molecule has 6 nitrogen and oxygen atoms in total. The van der Waals surface area contributed by atoms with Crippen LogP contribution in [-0.2, 0) is 5.60 Å². The summed E-state index contributed by atoms with van der Waals surface area (Å²) in [4.78, 5) is 15.0. The molecule has 0 spiro atoms. The molecule has 2 aromatic heterocycles. The number of carbonyl (C=O) groups is 1. The summed E-state index contributed by atoms with van der Waals surface area (Å²) in [7, 11) is 0. The van der Waals surface area contributed by atoms with Crippen LogP contribution in [0.2, 0.25) is 5.02 Å². The molecule has 0 aliphatic heterocycles. The predicted molar refractivity (Wildman–Crippen MR) is 74.5 cm³/mol. The minimum Gasteiger partial charge on any atom is -0.466 e. The first-order valence-corrected chi connectivity index (χ1v) is 6.23. The molecule has 0 saturated heterocycles. The number of aliphatic hydroxyl groups is 1. The molecule has 1 unspecified atom stereocenters. The van der Waals surface area contributed by atoms with E-state index in [0.717, 1.165) is 0 Å². The number of anilines is 1. The summed E-state index contributed by atoms with van der Waals surface area (Å²) in [6, 6.07) is 4.78. The third kappa shape index (κ3) is 3.09. The highest BCUT2D eigenvalue weighted by Crippen LogP contribution is 2.24. The average molecular weight is 296 g/mol. The maximum atomic E-state index is 11.0. The van der Waals surface area contributed by atoms with Gasteiger partial charge in [-0.1, -0.05) is 11.6 Å². The van der Waals surface area contributed by atoms with Crippen LogP contribution in [0.3, 0.4) is 0 Å². The van der Waals surface area contributed by atoms with Crippen molar-refractivity contribution < 1.29 is 14.3 Å². The SMILES string of the molecule is CC(O)(CNc1ncc(C(N)=O)cc1Cl)c1ccco1. The zero-order valence-corrected chi connectivity index (χ0v) is 11.5. The van der Waals surface area contributed by atoms with Crippen molar-refractivity contribution in [3.8, 4) is 0 Å². The van der Waals surface area contributed by atoms with Crippen LogP contribution in [0, 0.1) is 0 Å². The Morgan fingerprint density at radius 3 is 2.95 bits per heavy atom. The van der Waals surface area contributed by atoms with Gasteiger partial charge in [-0.2, -0.15) is 0 Å². The van der Waals surface area contributed by atoms with Gasteiger partial charge in [0.05, 0.1) is 23.4 Å². The van der Waals surface area contributed by atoms with Gasteiger partial charge in [0, 0.05) is 6.20 Å². The summed E-state index contributed by atoms with van der Waals surface area (Å²) in [6.07, 6.45) is 2.80. The van der Waals surface area contributed by atoms with Gasteiger partial charge in [-0.25, -0.2) is 4.98 Å². The van der Waals surface area contributed by atoms with E-state index < -0.39 is 11.5 Å². The summed E-state index contributed by atoms with van der Waals surface area (Å²) < 4.78 is 5.16. The first-order valence-electron chi connectivity index (χ1n) is 5.86. The van der Waals surface area contributed by atoms with Crippen LogP contribution in [0.4, 0.5) is 5.82 Å². The van der Waals surface area contributed by atoms with Gasteiger partial charge in [0.15, 0.2) is 0 Å². The molecule has 106 valence electrons. The second-order valence-electron chi connectivity index (χ2n) is 4.52. The lowest BCUT2D eigenvalue weighted by Crippen LogP contribution is -2.30. The topological polar surface area (TPSA) is 101 Å². The quantitative estimate of drug-likeness (QED) is 0.780. The molecule has 4 N–H and O–H groups in total. The van der Waals surface area contributed by atoms with Crippen LogP contribution in [0.15, 0.2) is 35.1 Å². The van der Waals surface area contributed by atoms with E-state index in [1.807, 2.05) is 0 Å². The molecule has 0 aliphatic carbocycles. The van der Waals surface area contributed by atoms with Gasteiger partial charge < -0.3 is 20.6 Å². The maximum Gasteiger partial charge on any atom is 0.250 e. The van der Waals surface area contributed by atoms with Crippen molar-refractivity contribution in [1.29, 1.82) is 0 Å². The second-order valence-corrected chi connectivity index (χ2v) is 4.93. The number of aromatic nitrogens is 1. The van der Waals surface area contributed by atoms with E-state index in [1.54, 1.807) is 19.1 Å². The fourth-order valence-corrected chi connectivity index (χ4v) is 1.86. The highest BCUT2D eigenvalue weighted by Gasteiger charge is 2.26. The minimum absolute atomic E-state index is 0.142. The minimum atomic E-state index is -1.21. The lowest BCUT2D eigenvalue weighted by Gasteiger charge is -2.21. The number of hydrogen-bond acceptors (Lipinski definition) is 5. The van der Waals surface area contributed by atoms with E-state index in [9.17, 15) is 9.90 Å². The molecule has 2 rings (SSSR count). The summed E-state index contributed by atoms with van der Waals surface area (Å²) in [5.41, 5.74) is 4.14. The normalized spacial score (nSPS) is 13.8. The van der Waals surface area contributed by atoms with Crippen LogP contribution < -0.4 is 11.1 Å². The van der Waals surface area contributed by atoms with Gasteiger partial charge in [0.25, 0.3) is 0 Å². The Labute approximate surface area is 120 Å². The molecular formula is C13H14ClN3O3. The molecule has 0 saturated carbocycles. The van der Waals surface area contributed by atoms with E-state index >= 15 is 0 Å². The molecule has 2 heterocycles. The average Bonchev–Trinajstić information content (AvgIpc) is 2.91. The third-order valence-electron chi connectivity index (χ3n) is 2.78. The van der Waals surface area contributed by atoms with Gasteiger partial charge in [-0.15, -0.1) is 0 Å². The van der Waals surface area contributed by atoms with Crippen LogP contribution in [0.5, 0.6) is 0 Å². The third-order valence-corrected chi connectivity index (χ3v) is 3.07. The molecule has 1 atom stereocenters. The Hall–Kier alpha value is -2.05. The number of carbonyl (C=O) groups excluding carboxylic acids is 1. The number of primary amides is 1. The lowest BCUT2D eigenvalue weighted by atomic mass is 10.0. The molecule has 0 aliphatic rings. The smallest absolute Gasteiger partial charge is 0.250 e. The largest absolute Gasteiger partial charge is 0.466 e. The molecule has 0 fully saturated rings. The van der Waals surface area contributed by atoms with Crippen LogP contribution >= 0.6 is 11.6 Å². The molecular weight excluding hydrogens is 282 g/mol. The van der Waals surface area contributed by atoms with Crippen molar-refractivity contribution in [3.63, 3.8) is 0 Å². The Kier molecular flexibility index (Phi) is 3.96. The summed E-state index contributed by atoms with van der Waals surface area (Å²) in [6.45, 7) is 1.74. The molecule has 0 radical (unpaired) electrons. The summed E-state index contributed by atoms with van der Waals surface area (Å²) >= 11 is 5.99. The number of rotatable bonds is 5. The number of nitrogens with two attached hydrogens (primary N) is 1. The van der Waals surface area contributed by atoms with Crippen molar-refractivity contribution in [2.24, 2.45) is 5.73 Å². The zero-order valence-electron chi connectivity index (χ0n) is 10.8. The number of furan rings is 1. The number of halogens is 1. The Morgan fingerprint density at radius 1 is 1.65 bits per heavy atom. The first-order chi connectivity index (χ1) is 9.40. The van der Waals surface area contributed by atoms with Gasteiger partial charge in [0.1, 0.15) is 17.2 Å². The van der Waals surface area contributed by atoms with Crippen molar-refractivity contribution >= 4 is 23.3 Å². The highest BCUT2D eigenvalue weighted by atomic mass is 35.5. The van der Waals surface area contributed by atoms with Crippen LogP contribution in [0.25, 0.3) is 0 Å². The monoisotopic (exact) mass is 295 g/mol. The molecule has 0 aromatic carbocycles. The number of hydrogen-bond donors (Lipinski definition) is 3. The van der Waals surface area contributed by atoms with E-state index in [4.69, 9.17) is 21.8 Å². The standard InChI is InChI=1S/C13H14ClN3O3/c1-13(19,10-3-2-4-20-10)7-17-12-9(14)5-8(6-16-12)11(15)18/h2-6,19H,7H2,1H3,(H2,15,18)(H,16,17). The number of pyridine rings is 1. The first kappa shape index (κ1) is 14.4. The fourth-order valence-electron chi connectivity index (χ4n) is 1.63. The maximum absolute atomic E-state index is 11.0. The fraction of sp³-hybridized carbons (Fsp3) is 0.231. The molecule has 0 bridgehead atoms. The lowest BCUT2D eigenvalue weighted by molar-refractivity contribution is 0.0476. The Morgan fingerprint density at radius 2 is 2.40 bits per heavy atom. The summed E-state index contributed by atoms with van der Waals surface area (Å²) in [5.74, 6) is 0.173. The number of nitrogens with one attached hydrogen (secondary N) is 1. The summed E-state index contributed by atoms with van der Waals surface area (Å²) in [5, 5.41) is 13.4. The van der Waals surface area contributed by atoms with Gasteiger partial charge >= 0.3 is 0 Å². The Balaban J connectivity index is 2.10. The number of amides is 1. The van der Waals surface area contributed by atoms with Crippen LogP contribution in [0.1, 0.15) is 23.0 Å². The molecule has 2 aromatic rings. The van der Waals surface area contributed by atoms with E-state index in [-0.39, 0.29) is 17.1 Å². The van der Waals surface area contributed by atoms with E-state index in [1.165, 1.54) is 18.5 Å². The molecule has 7 heteroatoms. The van der Waals surface area contributed by atoms with Gasteiger partial charge in [0.2, 0.25) is 5.91 Å². The van der Waals surface area contributed by atoms with Crippen LogP contribution in [-0.4, -0.2) is 22.5 Å². The highest BCUT2D eigenvalue weighted by molar-refractivity contribution is 6.33. The Bertz CT molecular complexity index is 611. The van der Waals surface area contributed by atoms with Crippen molar-refractivity contribution in [1.82, 2.24) is 4.98 Å². The van der Waals surface area contributed by atoms with E-state index in [2.05, 4.69) is 10.3 Å². The zero-order chi connectivity index (χ0) is 14.8. The molecule has 20 heavy (non-hydrogen) atoms. The van der Waals surface area contributed by atoms with Gasteiger partial charge in [-0.3, -0.25) is 4.79 Å².